The Morgan fingerprint density at radius 1 is 1.39 bits per heavy atom. The van der Waals surface area contributed by atoms with Gasteiger partial charge in [0.15, 0.2) is 6.29 Å². The summed E-state index contributed by atoms with van der Waals surface area (Å²) in [6.45, 7) is 2.75. The van der Waals surface area contributed by atoms with Crippen LogP contribution in [0.2, 0.25) is 0 Å². The van der Waals surface area contributed by atoms with Crippen molar-refractivity contribution in [2.24, 2.45) is 0 Å². The predicted molar refractivity (Wildman–Crippen MR) is 73.3 cm³/mol. The number of nitrogens with zero attached hydrogens (tertiary/aromatic N) is 2. The van der Waals surface area contributed by atoms with Crippen LogP contribution in [0.1, 0.15) is 21.1 Å². The molecule has 3 nitrogen and oxygen atoms in total. The van der Waals surface area contributed by atoms with Crippen LogP contribution in [0.25, 0.3) is 10.9 Å². The van der Waals surface area contributed by atoms with Gasteiger partial charge in [-0.2, -0.15) is 0 Å². The summed E-state index contributed by atoms with van der Waals surface area (Å²) in [6, 6.07) is 7.77. The number of hydrogen-bond donors (Lipinski definition) is 0. The third-order valence-electron chi connectivity index (χ3n) is 2.95. The number of aromatic nitrogens is 2. The van der Waals surface area contributed by atoms with Gasteiger partial charge in [-0.25, -0.2) is 4.98 Å². The SMILES string of the molecule is Cc1csc(Cn2ccc3c(C=O)cccc32)n1. The average molecular weight is 256 g/mol. The second-order valence-corrected chi connectivity index (χ2v) is 5.17. The maximum Gasteiger partial charge on any atom is 0.150 e. The molecule has 0 aliphatic heterocycles. The zero-order valence-corrected chi connectivity index (χ0v) is 10.8. The van der Waals surface area contributed by atoms with E-state index in [1.54, 1.807) is 11.3 Å². The maximum atomic E-state index is 11.0. The molecule has 0 N–H and O–H groups in total. The zero-order valence-electron chi connectivity index (χ0n) is 9.96. The minimum Gasteiger partial charge on any atom is -0.341 e. The van der Waals surface area contributed by atoms with Crippen molar-refractivity contribution in [3.63, 3.8) is 0 Å². The van der Waals surface area contributed by atoms with Gasteiger partial charge in [0.05, 0.1) is 6.54 Å². The van der Waals surface area contributed by atoms with Crippen LogP contribution < -0.4 is 0 Å². The molecular weight excluding hydrogens is 244 g/mol. The lowest BCUT2D eigenvalue weighted by Gasteiger charge is -2.03. The summed E-state index contributed by atoms with van der Waals surface area (Å²) < 4.78 is 2.13. The summed E-state index contributed by atoms with van der Waals surface area (Å²) in [7, 11) is 0. The molecular formula is C14H12N2OS. The highest BCUT2D eigenvalue weighted by molar-refractivity contribution is 7.09. The Morgan fingerprint density at radius 3 is 3.00 bits per heavy atom. The van der Waals surface area contributed by atoms with Crippen LogP contribution in [-0.4, -0.2) is 15.8 Å². The molecule has 0 aliphatic rings. The third kappa shape index (κ3) is 1.84. The molecule has 0 unspecified atom stereocenters. The van der Waals surface area contributed by atoms with Gasteiger partial charge in [0.25, 0.3) is 0 Å². The van der Waals surface area contributed by atoms with Crippen molar-refractivity contribution >= 4 is 28.5 Å². The van der Waals surface area contributed by atoms with Gasteiger partial charge in [0.2, 0.25) is 0 Å². The first-order valence-corrected chi connectivity index (χ1v) is 6.60. The number of fused-ring (bicyclic) bond motifs is 1. The van der Waals surface area contributed by atoms with Gasteiger partial charge in [0.1, 0.15) is 5.01 Å². The second-order valence-electron chi connectivity index (χ2n) is 4.22. The highest BCUT2D eigenvalue weighted by atomic mass is 32.1. The molecule has 3 rings (SSSR count). The number of hydrogen-bond acceptors (Lipinski definition) is 3. The van der Waals surface area contributed by atoms with Crippen molar-refractivity contribution < 1.29 is 4.79 Å². The topological polar surface area (TPSA) is 34.9 Å². The van der Waals surface area contributed by atoms with E-state index in [1.165, 1.54) is 0 Å². The molecule has 2 aromatic heterocycles. The Labute approximate surface area is 109 Å². The Morgan fingerprint density at radius 2 is 2.28 bits per heavy atom. The Bertz CT molecular complexity index is 711. The average Bonchev–Trinajstić information content (AvgIpc) is 2.97. The molecule has 0 spiro atoms. The van der Waals surface area contributed by atoms with Gasteiger partial charge in [-0.1, -0.05) is 12.1 Å². The molecule has 3 aromatic rings. The summed E-state index contributed by atoms with van der Waals surface area (Å²) in [4.78, 5) is 15.4. The fraction of sp³-hybridized carbons (Fsp3) is 0.143. The van der Waals surface area contributed by atoms with Crippen LogP contribution in [-0.2, 0) is 6.54 Å². The van der Waals surface area contributed by atoms with E-state index in [2.05, 4.69) is 14.9 Å². The predicted octanol–water partition coefficient (Wildman–Crippen LogP) is 3.27. The lowest BCUT2D eigenvalue weighted by atomic mass is 10.1. The lowest BCUT2D eigenvalue weighted by Crippen LogP contribution is -1.97. The smallest absolute Gasteiger partial charge is 0.150 e. The second kappa shape index (κ2) is 4.38. The fourth-order valence-corrected chi connectivity index (χ4v) is 2.88. The zero-order chi connectivity index (χ0) is 12.5. The van der Waals surface area contributed by atoms with Gasteiger partial charge >= 0.3 is 0 Å². The van der Waals surface area contributed by atoms with Crippen molar-refractivity contribution in [2.75, 3.05) is 0 Å². The summed E-state index contributed by atoms with van der Waals surface area (Å²) >= 11 is 1.66. The molecule has 0 aliphatic carbocycles. The maximum absolute atomic E-state index is 11.0. The molecule has 90 valence electrons. The van der Waals surface area contributed by atoms with Crippen LogP contribution in [0.3, 0.4) is 0 Å². The summed E-state index contributed by atoms with van der Waals surface area (Å²) in [5.41, 5.74) is 2.87. The van der Waals surface area contributed by atoms with E-state index >= 15 is 0 Å². The number of aldehydes is 1. The van der Waals surface area contributed by atoms with Crippen molar-refractivity contribution in [1.82, 2.24) is 9.55 Å². The van der Waals surface area contributed by atoms with Gasteiger partial charge in [0, 0.05) is 33.7 Å². The molecule has 1 aromatic carbocycles. The third-order valence-corrected chi connectivity index (χ3v) is 3.90. The number of carbonyl (C=O) groups excluding carboxylic acids is 1. The Balaban J connectivity index is 2.05. The summed E-state index contributed by atoms with van der Waals surface area (Å²) in [6.07, 6.45) is 2.91. The van der Waals surface area contributed by atoms with Gasteiger partial charge < -0.3 is 4.57 Å². The lowest BCUT2D eigenvalue weighted by molar-refractivity contribution is 0.112. The van der Waals surface area contributed by atoms with Crippen LogP contribution in [0, 0.1) is 6.92 Å². The Kier molecular flexibility index (Phi) is 2.72. The van der Waals surface area contributed by atoms with E-state index in [0.717, 1.165) is 40.0 Å². The van der Waals surface area contributed by atoms with Gasteiger partial charge in [-0.05, 0) is 19.1 Å². The van der Waals surface area contributed by atoms with Crippen molar-refractivity contribution in [2.45, 2.75) is 13.5 Å². The van der Waals surface area contributed by atoms with E-state index in [0.29, 0.717) is 0 Å². The molecule has 0 amide bonds. The molecule has 0 fully saturated rings. The van der Waals surface area contributed by atoms with Gasteiger partial charge in [-0.15, -0.1) is 11.3 Å². The van der Waals surface area contributed by atoms with Crippen LogP contribution in [0.15, 0.2) is 35.8 Å². The highest BCUT2D eigenvalue weighted by Crippen LogP contribution is 2.21. The monoisotopic (exact) mass is 256 g/mol. The summed E-state index contributed by atoms with van der Waals surface area (Å²) in [5.74, 6) is 0. The number of aryl methyl sites for hydroxylation is 1. The van der Waals surface area contributed by atoms with Gasteiger partial charge in [-0.3, -0.25) is 4.79 Å². The first-order chi connectivity index (χ1) is 8.78. The quantitative estimate of drug-likeness (QED) is 0.674. The van der Waals surface area contributed by atoms with Crippen molar-refractivity contribution in [1.29, 1.82) is 0 Å². The molecule has 4 heteroatoms. The van der Waals surface area contributed by atoms with Crippen molar-refractivity contribution in [3.8, 4) is 0 Å². The summed E-state index contributed by atoms with van der Waals surface area (Å²) in [5, 5.41) is 4.14. The fourth-order valence-electron chi connectivity index (χ4n) is 2.11. The molecule has 2 heterocycles. The van der Waals surface area contributed by atoms with Crippen LogP contribution in [0.5, 0.6) is 0 Å². The van der Waals surface area contributed by atoms with E-state index in [1.807, 2.05) is 37.4 Å². The first-order valence-electron chi connectivity index (χ1n) is 5.72. The molecule has 0 saturated carbocycles. The van der Waals surface area contributed by atoms with Crippen LogP contribution in [0.4, 0.5) is 0 Å². The van der Waals surface area contributed by atoms with E-state index in [-0.39, 0.29) is 0 Å². The molecule has 0 bridgehead atoms. The largest absolute Gasteiger partial charge is 0.341 e. The van der Waals surface area contributed by atoms with Crippen LogP contribution >= 0.6 is 11.3 Å². The molecule has 18 heavy (non-hydrogen) atoms. The minimum absolute atomic E-state index is 0.738. The first kappa shape index (κ1) is 11.2. The normalized spacial score (nSPS) is 10.9. The van der Waals surface area contributed by atoms with E-state index in [4.69, 9.17) is 0 Å². The number of thiazole rings is 1. The van der Waals surface area contributed by atoms with Crippen molar-refractivity contribution in [3.05, 3.63) is 52.1 Å². The standard InChI is InChI=1S/C14H12N2OS/c1-10-9-18-14(15-10)7-16-6-5-12-11(8-17)3-2-4-13(12)16/h2-6,8-9H,7H2,1H3. The minimum atomic E-state index is 0.738. The molecule has 0 saturated heterocycles. The number of rotatable bonds is 3. The Hall–Kier alpha value is -1.94. The van der Waals surface area contributed by atoms with E-state index in [9.17, 15) is 4.79 Å². The van der Waals surface area contributed by atoms with E-state index < -0.39 is 0 Å². The molecule has 0 radical (unpaired) electrons. The number of benzene rings is 1. The highest BCUT2D eigenvalue weighted by Gasteiger charge is 2.06. The number of carbonyl (C=O) groups is 1. The molecule has 0 atom stereocenters.